The van der Waals surface area contributed by atoms with Gasteiger partial charge in [-0.1, -0.05) is 30.3 Å². The van der Waals surface area contributed by atoms with Crippen molar-refractivity contribution in [2.45, 2.75) is 24.9 Å². The third-order valence-electron chi connectivity index (χ3n) is 3.21. The normalized spacial score (nSPS) is 17.2. The highest BCUT2D eigenvalue weighted by Gasteiger charge is 2.23. The fraction of sp³-hybridized carbons (Fsp3) is 0.429. The smallest absolute Gasteiger partial charge is 0.330 e. The number of carbonyl (C=O) groups excluding carboxylic acids is 1. The van der Waals surface area contributed by atoms with Crippen LogP contribution in [0.25, 0.3) is 0 Å². The maximum absolute atomic E-state index is 11.9. The minimum atomic E-state index is -1.08. The minimum absolute atomic E-state index is 0.0361. The Morgan fingerprint density at radius 2 is 1.85 bits per heavy atom. The molecule has 0 saturated carbocycles. The number of amides is 2. The molecule has 1 aromatic carbocycles. The summed E-state index contributed by atoms with van der Waals surface area (Å²) in [6, 6.07) is 7.15. The fourth-order valence-corrected chi connectivity index (χ4v) is 2.13. The first-order valence-electron chi connectivity index (χ1n) is 6.59. The van der Waals surface area contributed by atoms with Crippen molar-refractivity contribution in [3.8, 4) is 0 Å². The number of hydrogen-bond donors (Lipinski definition) is 3. The summed E-state index contributed by atoms with van der Waals surface area (Å²) in [5, 5.41) is 14.5. The predicted molar refractivity (Wildman–Crippen MR) is 72.3 cm³/mol. The maximum atomic E-state index is 11.9. The first kappa shape index (κ1) is 14.3. The molecule has 1 aromatic rings. The summed E-state index contributed by atoms with van der Waals surface area (Å²) in [7, 11) is 0. The van der Waals surface area contributed by atoms with E-state index in [1.807, 2.05) is 0 Å². The van der Waals surface area contributed by atoms with Crippen LogP contribution in [0.3, 0.4) is 0 Å². The molecule has 1 aliphatic rings. The van der Waals surface area contributed by atoms with Gasteiger partial charge in [-0.25, -0.2) is 9.59 Å². The SMILES string of the molecule is O=C(NC1CCOCC1)N[C@@H](C(=O)O)c1ccccc1. The van der Waals surface area contributed by atoms with Crippen molar-refractivity contribution in [3.05, 3.63) is 35.9 Å². The van der Waals surface area contributed by atoms with Crippen LogP contribution in [0, 0.1) is 0 Å². The highest BCUT2D eigenvalue weighted by molar-refractivity contribution is 5.83. The summed E-state index contributed by atoms with van der Waals surface area (Å²) in [5.41, 5.74) is 0.544. The second-order valence-electron chi connectivity index (χ2n) is 4.69. The Morgan fingerprint density at radius 3 is 2.45 bits per heavy atom. The molecule has 108 valence electrons. The molecule has 3 N–H and O–H groups in total. The Morgan fingerprint density at radius 1 is 1.20 bits per heavy atom. The van der Waals surface area contributed by atoms with Crippen LogP contribution in [0.2, 0.25) is 0 Å². The van der Waals surface area contributed by atoms with Gasteiger partial charge in [0.25, 0.3) is 0 Å². The molecule has 6 heteroatoms. The summed E-state index contributed by atoms with van der Waals surface area (Å²) in [4.78, 5) is 23.1. The number of nitrogens with one attached hydrogen (secondary N) is 2. The Balaban J connectivity index is 1.94. The summed E-state index contributed by atoms with van der Waals surface area (Å²) in [6.07, 6.45) is 1.49. The van der Waals surface area contributed by atoms with Gasteiger partial charge in [-0.15, -0.1) is 0 Å². The number of carbonyl (C=O) groups is 2. The Kier molecular flexibility index (Phi) is 4.95. The van der Waals surface area contributed by atoms with E-state index in [2.05, 4.69) is 10.6 Å². The van der Waals surface area contributed by atoms with Crippen LogP contribution in [0.4, 0.5) is 4.79 Å². The van der Waals surface area contributed by atoms with Gasteiger partial charge >= 0.3 is 12.0 Å². The molecule has 1 heterocycles. The molecule has 1 fully saturated rings. The quantitative estimate of drug-likeness (QED) is 0.774. The van der Waals surface area contributed by atoms with Crippen molar-refractivity contribution in [1.29, 1.82) is 0 Å². The van der Waals surface area contributed by atoms with Gasteiger partial charge in [-0.05, 0) is 18.4 Å². The first-order chi connectivity index (χ1) is 9.66. The standard InChI is InChI=1S/C14H18N2O4/c17-13(18)12(10-4-2-1-3-5-10)16-14(19)15-11-6-8-20-9-7-11/h1-5,11-12H,6-9H2,(H,17,18)(H2,15,16,19)/t12-/m1/s1. The van der Waals surface area contributed by atoms with Gasteiger partial charge in [-0.3, -0.25) is 0 Å². The lowest BCUT2D eigenvalue weighted by molar-refractivity contribution is -0.139. The van der Waals surface area contributed by atoms with E-state index in [1.54, 1.807) is 30.3 Å². The van der Waals surface area contributed by atoms with E-state index < -0.39 is 18.0 Å². The largest absolute Gasteiger partial charge is 0.479 e. The fourth-order valence-electron chi connectivity index (χ4n) is 2.13. The zero-order valence-electron chi connectivity index (χ0n) is 11.0. The van der Waals surface area contributed by atoms with E-state index in [-0.39, 0.29) is 6.04 Å². The van der Waals surface area contributed by atoms with Gasteiger partial charge in [0, 0.05) is 19.3 Å². The molecule has 6 nitrogen and oxygen atoms in total. The molecule has 0 unspecified atom stereocenters. The maximum Gasteiger partial charge on any atom is 0.330 e. The number of hydrogen-bond acceptors (Lipinski definition) is 3. The van der Waals surface area contributed by atoms with Gasteiger partial charge < -0.3 is 20.5 Å². The lowest BCUT2D eigenvalue weighted by Crippen LogP contribution is -2.46. The van der Waals surface area contributed by atoms with Crippen molar-refractivity contribution in [2.75, 3.05) is 13.2 Å². The monoisotopic (exact) mass is 278 g/mol. The molecule has 0 bridgehead atoms. The molecule has 0 spiro atoms. The summed E-state index contributed by atoms with van der Waals surface area (Å²) in [5.74, 6) is -1.08. The van der Waals surface area contributed by atoms with Crippen molar-refractivity contribution in [1.82, 2.24) is 10.6 Å². The van der Waals surface area contributed by atoms with Crippen molar-refractivity contribution >= 4 is 12.0 Å². The highest BCUT2D eigenvalue weighted by Crippen LogP contribution is 2.13. The van der Waals surface area contributed by atoms with Gasteiger partial charge in [0.05, 0.1) is 0 Å². The topological polar surface area (TPSA) is 87.7 Å². The number of rotatable bonds is 4. The average Bonchev–Trinajstić information content (AvgIpc) is 2.46. The third kappa shape index (κ3) is 3.96. The van der Waals surface area contributed by atoms with Gasteiger partial charge in [0.2, 0.25) is 0 Å². The molecule has 2 amide bonds. The molecule has 1 aliphatic heterocycles. The van der Waals surface area contributed by atoms with Gasteiger partial charge in [0.15, 0.2) is 6.04 Å². The molecule has 2 rings (SSSR count). The highest BCUT2D eigenvalue weighted by atomic mass is 16.5. The van der Waals surface area contributed by atoms with Gasteiger partial charge in [0.1, 0.15) is 0 Å². The summed E-state index contributed by atoms with van der Waals surface area (Å²) in [6.45, 7) is 1.23. The zero-order valence-corrected chi connectivity index (χ0v) is 11.0. The van der Waals surface area contributed by atoms with Crippen molar-refractivity contribution in [2.24, 2.45) is 0 Å². The molecular formula is C14H18N2O4. The molecular weight excluding hydrogens is 260 g/mol. The van der Waals surface area contributed by atoms with E-state index in [0.717, 1.165) is 12.8 Å². The van der Waals surface area contributed by atoms with Crippen molar-refractivity contribution < 1.29 is 19.4 Å². The Hall–Kier alpha value is -2.08. The van der Waals surface area contributed by atoms with E-state index in [9.17, 15) is 14.7 Å². The third-order valence-corrected chi connectivity index (χ3v) is 3.21. The van der Waals surface area contributed by atoms with Crippen molar-refractivity contribution in [3.63, 3.8) is 0 Å². The zero-order chi connectivity index (χ0) is 14.4. The van der Waals surface area contributed by atoms with E-state index in [0.29, 0.717) is 18.8 Å². The van der Waals surface area contributed by atoms with Crippen LogP contribution in [0.1, 0.15) is 24.4 Å². The van der Waals surface area contributed by atoms with Crippen LogP contribution in [0.5, 0.6) is 0 Å². The number of ether oxygens (including phenoxy) is 1. The summed E-state index contributed by atoms with van der Waals surface area (Å²) < 4.78 is 5.20. The van der Waals surface area contributed by atoms with Crippen LogP contribution in [0.15, 0.2) is 30.3 Å². The Bertz CT molecular complexity index is 458. The second-order valence-corrected chi connectivity index (χ2v) is 4.69. The molecule has 1 saturated heterocycles. The van der Waals surface area contributed by atoms with Crippen LogP contribution in [-0.2, 0) is 9.53 Å². The van der Waals surface area contributed by atoms with Gasteiger partial charge in [-0.2, -0.15) is 0 Å². The molecule has 0 radical (unpaired) electrons. The van der Waals surface area contributed by atoms with E-state index >= 15 is 0 Å². The number of urea groups is 1. The first-order valence-corrected chi connectivity index (χ1v) is 6.59. The number of benzene rings is 1. The minimum Gasteiger partial charge on any atom is -0.479 e. The summed E-state index contributed by atoms with van der Waals surface area (Å²) >= 11 is 0. The molecule has 0 aromatic heterocycles. The van der Waals surface area contributed by atoms with Crippen LogP contribution >= 0.6 is 0 Å². The molecule has 20 heavy (non-hydrogen) atoms. The lowest BCUT2D eigenvalue weighted by atomic mass is 10.1. The number of carboxylic acids is 1. The van der Waals surface area contributed by atoms with E-state index in [4.69, 9.17) is 4.74 Å². The van der Waals surface area contributed by atoms with E-state index in [1.165, 1.54) is 0 Å². The molecule has 1 atom stereocenters. The lowest BCUT2D eigenvalue weighted by Gasteiger charge is -2.24. The molecule has 0 aliphatic carbocycles. The predicted octanol–water partition coefficient (Wildman–Crippen LogP) is 1.29. The average molecular weight is 278 g/mol. The van der Waals surface area contributed by atoms with Crippen LogP contribution in [-0.4, -0.2) is 36.4 Å². The number of aliphatic carboxylic acids is 1. The second kappa shape index (κ2) is 6.91. The Labute approximate surface area is 117 Å². The number of carboxylic acid groups (broad SMARTS) is 1. The van der Waals surface area contributed by atoms with Crippen LogP contribution < -0.4 is 10.6 Å².